The minimum atomic E-state index is -0.779. The van der Waals surface area contributed by atoms with E-state index in [0.29, 0.717) is 12.0 Å². The van der Waals surface area contributed by atoms with Crippen LogP contribution in [0.15, 0.2) is 23.8 Å². The molecule has 6 heteroatoms. The Kier molecular flexibility index (Phi) is 4.68. The van der Waals surface area contributed by atoms with Crippen LogP contribution in [0.4, 0.5) is 4.79 Å². The van der Waals surface area contributed by atoms with Crippen LogP contribution >= 0.6 is 0 Å². The molecule has 20 heavy (non-hydrogen) atoms. The fourth-order valence-electron chi connectivity index (χ4n) is 2.45. The van der Waals surface area contributed by atoms with Crippen LogP contribution in [0.25, 0.3) is 0 Å². The van der Waals surface area contributed by atoms with Crippen molar-refractivity contribution in [2.24, 2.45) is 5.92 Å². The molecule has 1 heterocycles. The molecule has 0 unspecified atom stereocenters. The first kappa shape index (κ1) is 14.5. The maximum absolute atomic E-state index is 11.5. The third-order valence-corrected chi connectivity index (χ3v) is 3.64. The van der Waals surface area contributed by atoms with Crippen molar-refractivity contribution in [1.29, 1.82) is 0 Å². The molecule has 2 rings (SSSR count). The van der Waals surface area contributed by atoms with Gasteiger partial charge in [0.05, 0.1) is 6.10 Å². The van der Waals surface area contributed by atoms with Crippen LogP contribution in [0, 0.1) is 5.92 Å². The number of hydrogen-bond donors (Lipinski definition) is 2. The van der Waals surface area contributed by atoms with Gasteiger partial charge in [-0.3, -0.25) is 20.2 Å². The molecule has 108 valence electrons. The molecule has 0 aromatic rings. The minimum Gasteiger partial charge on any atom is -0.381 e. The van der Waals surface area contributed by atoms with Gasteiger partial charge in [-0.2, -0.15) is 0 Å². The van der Waals surface area contributed by atoms with Gasteiger partial charge in [-0.25, -0.2) is 4.79 Å². The molecule has 6 nitrogen and oxygen atoms in total. The molecule has 0 atom stereocenters. The van der Waals surface area contributed by atoms with E-state index >= 15 is 0 Å². The highest BCUT2D eigenvalue weighted by Gasteiger charge is 2.27. The Morgan fingerprint density at radius 1 is 1.05 bits per heavy atom. The van der Waals surface area contributed by atoms with E-state index in [4.69, 9.17) is 4.74 Å². The third kappa shape index (κ3) is 3.54. The van der Waals surface area contributed by atoms with Gasteiger partial charge in [0.2, 0.25) is 0 Å². The van der Waals surface area contributed by atoms with Crippen LogP contribution in [0.1, 0.15) is 25.7 Å². The van der Waals surface area contributed by atoms with Crippen molar-refractivity contribution in [2.45, 2.75) is 31.8 Å². The molecule has 0 spiro atoms. The molecule has 0 bridgehead atoms. The number of imide groups is 2. The molecule has 0 aromatic carbocycles. The van der Waals surface area contributed by atoms with E-state index in [1.807, 2.05) is 16.7 Å². The predicted molar refractivity (Wildman–Crippen MR) is 71.7 cm³/mol. The monoisotopic (exact) mass is 278 g/mol. The van der Waals surface area contributed by atoms with Crippen LogP contribution in [0.5, 0.6) is 0 Å². The van der Waals surface area contributed by atoms with Gasteiger partial charge >= 0.3 is 6.03 Å². The number of nitrogens with one attached hydrogen (secondary N) is 2. The molecule has 1 saturated heterocycles. The largest absolute Gasteiger partial charge is 0.381 e. The number of allylic oxidation sites excluding steroid dienone is 3. The zero-order chi connectivity index (χ0) is 14.5. The Morgan fingerprint density at radius 3 is 2.20 bits per heavy atom. The second kappa shape index (κ2) is 6.47. The smallest absolute Gasteiger partial charge is 0.328 e. The van der Waals surface area contributed by atoms with E-state index in [-0.39, 0.29) is 5.57 Å². The van der Waals surface area contributed by atoms with Gasteiger partial charge in [-0.05, 0) is 37.7 Å². The van der Waals surface area contributed by atoms with E-state index in [0.717, 1.165) is 25.7 Å². The normalized spacial score (nSPS) is 27.4. The van der Waals surface area contributed by atoms with E-state index in [1.165, 1.54) is 6.08 Å². The summed E-state index contributed by atoms with van der Waals surface area (Å²) in [5, 5.41) is 4.07. The lowest BCUT2D eigenvalue weighted by molar-refractivity contribution is -0.124. The van der Waals surface area contributed by atoms with Crippen molar-refractivity contribution < 1.29 is 19.1 Å². The van der Waals surface area contributed by atoms with E-state index in [9.17, 15) is 14.4 Å². The fourth-order valence-corrected chi connectivity index (χ4v) is 2.45. The van der Waals surface area contributed by atoms with Crippen molar-refractivity contribution in [1.82, 2.24) is 10.6 Å². The summed E-state index contributed by atoms with van der Waals surface area (Å²) < 4.78 is 5.30. The highest BCUT2D eigenvalue weighted by atomic mass is 16.5. The molecule has 4 amide bonds. The minimum absolute atomic E-state index is 0.0496. The summed E-state index contributed by atoms with van der Waals surface area (Å²) in [4.78, 5) is 33.8. The van der Waals surface area contributed by atoms with Gasteiger partial charge in [-0.15, -0.1) is 0 Å². The number of barbiturate groups is 1. The molecule has 2 fully saturated rings. The van der Waals surface area contributed by atoms with Crippen LogP contribution < -0.4 is 10.6 Å². The van der Waals surface area contributed by atoms with Crippen molar-refractivity contribution in [2.75, 3.05) is 7.11 Å². The summed E-state index contributed by atoms with van der Waals surface area (Å²) >= 11 is 0. The zero-order valence-corrected chi connectivity index (χ0v) is 11.3. The van der Waals surface area contributed by atoms with Gasteiger partial charge in [0, 0.05) is 7.11 Å². The molecule has 0 aromatic heterocycles. The molecular formula is C14H18N2O4. The number of rotatable bonds is 3. The second-order valence-corrected chi connectivity index (χ2v) is 4.98. The molecule has 1 aliphatic heterocycles. The maximum Gasteiger partial charge on any atom is 0.328 e. The molecule has 1 aliphatic carbocycles. The maximum atomic E-state index is 11.5. The van der Waals surface area contributed by atoms with Crippen LogP contribution in [0.2, 0.25) is 0 Å². The SMILES string of the molecule is COC1CCC(/C=C/C=C2C(=O)NC(=O)NC2=O)CC1. The van der Waals surface area contributed by atoms with Crippen molar-refractivity contribution in [3.05, 3.63) is 23.8 Å². The summed E-state index contributed by atoms with van der Waals surface area (Å²) in [6.07, 6.45) is 9.62. The topological polar surface area (TPSA) is 84.5 Å². The molecule has 2 N–H and O–H groups in total. The Hall–Kier alpha value is -1.95. The van der Waals surface area contributed by atoms with Crippen molar-refractivity contribution in [3.8, 4) is 0 Å². The van der Waals surface area contributed by atoms with Gasteiger partial charge < -0.3 is 4.74 Å². The van der Waals surface area contributed by atoms with Crippen molar-refractivity contribution in [3.63, 3.8) is 0 Å². The lowest BCUT2D eigenvalue weighted by Crippen LogP contribution is -2.51. The van der Waals surface area contributed by atoms with Gasteiger partial charge in [0.1, 0.15) is 5.57 Å². The van der Waals surface area contributed by atoms with E-state index in [2.05, 4.69) is 0 Å². The summed E-state index contributed by atoms with van der Waals surface area (Å²) in [7, 11) is 1.73. The first-order chi connectivity index (χ1) is 9.60. The van der Waals surface area contributed by atoms with Gasteiger partial charge in [-0.1, -0.05) is 12.2 Å². The molecular weight excluding hydrogens is 260 g/mol. The first-order valence-corrected chi connectivity index (χ1v) is 6.68. The van der Waals surface area contributed by atoms with E-state index < -0.39 is 17.8 Å². The average molecular weight is 278 g/mol. The number of ether oxygens (including phenoxy) is 1. The lowest BCUT2D eigenvalue weighted by atomic mass is 9.87. The summed E-state index contributed by atoms with van der Waals surface area (Å²) in [6.45, 7) is 0. The molecule has 2 aliphatic rings. The summed E-state index contributed by atoms with van der Waals surface area (Å²) in [6, 6.07) is -0.779. The predicted octanol–water partition coefficient (Wildman–Crippen LogP) is 1.04. The zero-order valence-electron chi connectivity index (χ0n) is 11.3. The van der Waals surface area contributed by atoms with Crippen LogP contribution in [-0.2, 0) is 14.3 Å². The van der Waals surface area contributed by atoms with E-state index in [1.54, 1.807) is 13.2 Å². The highest BCUT2D eigenvalue weighted by Crippen LogP contribution is 2.26. The quantitative estimate of drug-likeness (QED) is 0.596. The van der Waals surface area contributed by atoms with Crippen molar-refractivity contribution >= 4 is 17.8 Å². The Morgan fingerprint density at radius 2 is 1.65 bits per heavy atom. The van der Waals surface area contributed by atoms with Crippen LogP contribution in [-0.4, -0.2) is 31.1 Å². The standard InChI is InChI=1S/C14H18N2O4/c1-20-10-7-5-9(6-8-10)3-2-4-11-12(17)15-14(19)16-13(11)18/h2-4,9-10H,5-8H2,1H3,(H2,15,16,17,18,19)/b3-2+. The Bertz CT molecular complexity index is 452. The number of carbonyl (C=O) groups excluding carboxylic acids is 3. The highest BCUT2D eigenvalue weighted by molar-refractivity contribution is 6.28. The number of carbonyl (C=O) groups is 3. The van der Waals surface area contributed by atoms with Gasteiger partial charge in [0.15, 0.2) is 0 Å². The lowest BCUT2D eigenvalue weighted by Gasteiger charge is -2.25. The Labute approximate surface area is 117 Å². The number of methoxy groups -OCH3 is 1. The summed E-state index contributed by atoms with van der Waals surface area (Å²) in [5.41, 5.74) is -0.0496. The average Bonchev–Trinajstić information content (AvgIpc) is 2.42. The third-order valence-electron chi connectivity index (χ3n) is 3.64. The number of amides is 4. The molecule has 0 radical (unpaired) electrons. The van der Waals surface area contributed by atoms with Crippen LogP contribution in [0.3, 0.4) is 0 Å². The fraction of sp³-hybridized carbons (Fsp3) is 0.500. The number of hydrogen-bond acceptors (Lipinski definition) is 4. The molecule has 1 saturated carbocycles. The summed E-state index contributed by atoms with van der Waals surface area (Å²) in [5.74, 6) is -0.882. The van der Waals surface area contributed by atoms with Gasteiger partial charge in [0.25, 0.3) is 11.8 Å². The number of urea groups is 1. The first-order valence-electron chi connectivity index (χ1n) is 6.68. The second-order valence-electron chi connectivity index (χ2n) is 4.98. The Balaban J connectivity index is 1.92.